The van der Waals surface area contributed by atoms with Crippen LogP contribution in [0.4, 0.5) is 4.79 Å². The van der Waals surface area contributed by atoms with Crippen molar-refractivity contribution in [1.82, 2.24) is 19.8 Å². The van der Waals surface area contributed by atoms with Gasteiger partial charge in [0.1, 0.15) is 13.2 Å². The normalized spacial score (nSPS) is 24.4. The summed E-state index contributed by atoms with van der Waals surface area (Å²) in [7, 11) is 4.09. The molecule has 0 aliphatic carbocycles. The monoisotopic (exact) mass is 590 g/mol. The summed E-state index contributed by atoms with van der Waals surface area (Å²) in [5.74, 6) is 0. The van der Waals surface area contributed by atoms with Gasteiger partial charge in [-0.05, 0) is 75.4 Å². The number of aromatic nitrogens is 2. The molecule has 204 valence electrons. The third kappa shape index (κ3) is 6.35. The molecular weight excluding hydrogens is 557 g/mol. The third-order valence-corrected chi connectivity index (χ3v) is 9.70. The van der Waals surface area contributed by atoms with Gasteiger partial charge in [0, 0.05) is 23.8 Å². The molecule has 2 aliphatic rings. The maximum Gasteiger partial charge on any atom is 0.508 e. The van der Waals surface area contributed by atoms with Gasteiger partial charge in [0.05, 0.1) is 22.5 Å². The van der Waals surface area contributed by atoms with Crippen LogP contribution in [-0.4, -0.2) is 77.4 Å². The molecular formula is C27H34N4O3S4. The van der Waals surface area contributed by atoms with Crippen molar-refractivity contribution in [3.8, 4) is 0 Å². The Kier molecular flexibility index (Phi) is 9.38. The maximum absolute atomic E-state index is 12.9. The SMILES string of the molecule is C=CC[C@@]1(COC(=O)OC[C@]2(CC=C)CC(c3csc(=S)[nH]3)=CCN2C)CC(c2csc(=S)[nH]2)=CCN1C. The quantitative estimate of drug-likeness (QED) is 0.178. The first-order valence-electron chi connectivity index (χ1n) is 12.4. The largest absolute Gasteiger partial charge is 0.508 e. The van der Waals surface area contributed by atoms with Crippen LogP contribution < -0.4 is 0 Å². The molecule has 2 aromatic rings. The van der Waals surface area contributed by atoms with E-state index in [9.17, 15) is 4.79 Å². The Balaban J connectivity index is 1.43. The Morgan fingerprint density at radius 2 is 1.34 bits per heavy atom. The lowest BCUT2D eigenvalue weighted by molar-refractivity contribution is -0.0222. The molecule has 4 rings (SSSR count). The standard InChI is InChI=1S/C27H34N4O3S4/c1-5-9-26(13-19(7-11-30(26)3)21-15-37-23(35)28-21)17-33-25(32)34-18-27(10-6-2)14-20(8-12-31(27)4)22-16-38-24(36)29-22/h5-8,15-16H,1-2,9-14,17-18H2,3-4H3,(H,28,35)(H,29,36)/t26-,27-/m0/s1. The van der Waals surface area contributed by atoms with E-state index in [0.717, 1.165) is 43.5 Å². The van der Waals surface area contributed by atoms with Crippen LogP contribution in [0.5, 0.6) is 0 Å². The van der Waals surface area contributed by atoms with Crippen LogP contribution in [0.1, 0.15) is 37.1 Å². The highest BCUT2D eigenvalue weighted by atomic mass is 32.2. The molecule has 0 bridgehead atoms. The number of aromatic amines is 2. The van der Waals surface area contributed by atoms with Crippen molar-refractivity contribution in [2.45, 2.75) is 36.8 Å². The van der Waals surface area contributed by atoms with Crippen molar-refractivity contribution in [1.29, 1.82) is 0 Å². The number of nitrogens with zero attached hydrogens (tertiary/aromatic N) is 2. The fraction of sp³-hybridized carbons (Fsp3) is 0.444. The van der Waals surface area contributed by atoms with Crippen molar-refractivity contribution in [3.63, 3.8) is 0 Å². The van der Waals surface area contributed by atoms with Crippen LogP contribution in [0.2, 0.25) is 0 Å². The zero-order valence-corrected chi connectivity index (χ0v) is 25.1. The molecule has 0 radical (unpaired) electrons. The molecule has 2 N–H and O–H groups in total. The minimum atomic E-state index is -0.671. The van der Waals surface area contributed by atoms with E-state index in [2.05, 4.69) is 45.1 Å². The highest BCUT2D eigenvalue weighted by molar-refractivity contribution is 7.73. The lowest BCUT2D eigenvalue weighted by atomic mass is 9.82. The van der Waals surface area contributed by atoms with Gasteiger partial charge in [0.15, 0.2) is 7.91 Å². The van der Waals surface area contributed by atoms with Crippen LogP contribution in [0.15, 0.2) is 48.2 Å². The van der Waals surface area contributed by atoms with Crippen molar-refractivity contribution in [3.05, 3.63) is 67.5 Å². The number of nitrogens with one attached hydrogen (secondary N) is 2. The third-order valence-electron chi connectivity index (χ3n) is 7.58. The second kappa shape index (κ2) is 12.4. The Bertz CT molecular complexity index is 1250. The summed E-state index contributed by atoms with van der Waals surface area (Å²) < 4.78 is 13.0. The predicted octanol–water partition coefficient (Wildman–Crippen LogP) is 6.85. The number of ether oxygens (including phenoxy) is 2. The van der Waals surface area contributed by atoms with Crippen LogP contribution in [0, 0.1) is 7.91 Å². The summed E-state index contributed by atoms with van der Waals surface area (Å²) in [4.78, 5) is 23.9. The Morgan fingerprint density at radius 3 is 1.68 bits per heavy atom. The van der Waals surface area contributed by atoms with E-state index in [1.54, 1.807) is 0 Å². The molecule has 38 heavy (non-hydrogen) atoms. The summed E-state index contributed by atoms with van der Waals surface area (Å²) >= 11 is 13.6. The van der Waals surface area contributed by atoms with Gasteiger partial charge in [-0.3, -0.25) is 9.80 Å². The summed E-state index contributed by atoms with van der Waals surface area (Å²) in [6, 6.07) is 0. The van der Waals surface area contributed by atoms with Gasteiger partial charge < -0.3 is 19.4 Å². The zero-order valence-electron chi connectivity index (χ0n) is 21.8. The van der Waals surface area contributed by atoms with Crippen LogP contribution in [-0.2, 0) is 9.47 Å². The number of carbonyl (C=O) groups excluding carboxylic acids is 1. The number of carbonyl (C=O) groups is 1. The second-order valence-corrected chi connectivity index (χ2v) is 13.1. The second-order valence-electron chi connectivity index (χ2n) is 9.96. The summed E-state index contributed by atoms with van der Waals surface area (Å²) in [6.07, 6.45) is 10.2. The van der Waals surface area contributed by atoms with E-state index in [-0.39, 0.29) is 13.2 Å². The molecule has 0 amide bonds. The maximum atomic E-state index is 12.9. The molecule has 7 nitrogen and oxygen atoms in total. The molecule has 2 aliphatic heterocycles. The minimum Gasteiger partial charge on any atom is -0.432 e. The van der Waals surface area contributed by atoms with Crippen molar-refractivity contribution in [2.24, 2.45) is 0 Å². The van der Waals surface area contributed by atoms with Gasteiger partial charge >= 0.3 is 6.16 Å². The fourth-order valence-electron chi connectivity index (χ4n) is 5.15. The van der Waals surface area contributed by atoms with E-state index < -0.39 is 17.2 Å². The van der Waals surface area contributed by atoms with Gasteiger partial charge in [0.2, 0.25) is 0 Å². The van der Waals surface area contributed by atoms with Gasteiger partial charge in [-0.2, -0.15) is 0 Å². The lowest BCUT2D eigenvalue weighted by Crippen LogP contribution is -2.53. The smallest absolute Gasteiger partial charge is 0.432 e. The van der Waals surface area contributed by atoms with Crippen molar-refractivity contribution >= 4 is 64.4 Å². The summed E-state index contributed by atoms with van der Waals surface area (Å²) in [5, 5.41) is 4.08. The number of hydrogen-bond acceptors (Lipinski definition) is 9. The highest BCUT2D eigenvalue weighted by Crippen LogP contribution is 2.38. The first-order chi connectivity index (χ1) is 18.2. The lowest BCUT2D eigenvalue weighted by Gasteiger charge is -2.44. The fourth-order valence-corrected chi connectivity index (χ4v) is 6.87. The van der Waals surface area contributed by atoms with Gasteiger partial charge in [-0.1, -0.05) is 24.3 Å². The van der Waals surface area contributed by atoms with Crippen LogP contribution in [0.3, 0.4) is 0 Å². The zero-order chi connectivity index (χ0) is 27.3. The van der Waals surface area contributed by atoms with Crippen LogP contribution >= 0.6 is 47.1 Å². The number of thiazole rings is 2. The predicted molar refractivity (Wildman–Crippen MR) is 162 cm³/mol. The van der Waals surface area contributed by atoms with Crippen molar-refractivity contribution < 1.29 is 14.3 Å². The molecule has 2 aromatic heterocycles. The molecule has 0 saturated carbocycles. The molecule has 2 atom stereocenters. The van der Waals surface area contributed by atoms with Gasteiger partial charge in [-0.25, -0.2) is 4.79 Å². The summed E-state index contributed by atoms with van der Waals surface area (Å²) in [6.45, 7) is 9.77. The van der Waals surface area contributed by atoms with Crippen molar-refractivity contribution in [2.75, 3.05) is 40.4 Å². The van der Waals surface area contributed by atoms with E-state index in [1.807, 2.05) is 37.0 Å². The van der Waals surface area contributed by atoms with Gasteiger partial charge in [0.25, 0.3) is 0 Å². The summed E-state index contributed by atoms with van der Waals surface area (Å²) in [5.41, 5.74) is 3.52. The average Bonchev–Trinajstić information content (AvgIpc) is 3.53. The van der Waals surface area contributed by atoms with Gasteiger partial charge in [-0.15, -0.1) is 35.8 Å². The molecule has 0 fully saturated rings. The van der Waals surface area contributed by atoms with Crippen LogP contribution in [0.25, 0.3) is 11.1 Å². The molecule has 0 aromatic carbocycles. The molecule has 0 saturated heterocycles. The van der Waals surface area contributed by atoms with E-state index >= 15 is 0 Å². The number of H-pyrrole nitrogens is 2. The molecule has 0 spiro atoms. The molecule has 0 unspecified atom stereocenters. The molecule has 4 heterocycles. The van der Waals surface area contributed by atoms with E-state index in [1.165, 1.54) is 22.7 Å². The average molecular weight is 591 g/mol. The van der Waals surface area contributed by atoms with E-state index in [4.69, 9.17) is 33.9 Å². The van der Waals surface area contributed by atoms with E-state index in [0.29, 0.717) is 25.7 Å². The first kappa shape index (κ1) is 28.8. The Hall–Kier alpha value is -2.15. The first-order valence-corrected chi connectivity index (χ1v) is 15.0. The number of rotatable bonds is 10. The molecule has 11 heteroatoms. The number of hydrogen-bond donors (Lipinski definition) is 2. The Labute approximate surface area is 242 Å². The topological polar surface area (TPSA) is 73.6 Å². The highest BCUT2D eigenvalue weighted by Gasteiger charge is 2.41. The minimum absolute atomic E-state index is 0.192. The number of likely N-dealkylation sites (N-methyl/N-ethyl adjacent to an activating group) is 2. The Morgan fingerprint density at radius 1 is 0.921 bits per heavy atom.